The fourth-order valence-electron chi connectivity index (χ4n) is 4.79. The molecule has 0 aliphatic heterocycles. The minimum absolute atomic E-state index is 0.0248. The Labute approximate surface area is 265 Å². The summed E-state index contributed by atoms with van der Waals surface area (Å²) in [5, 5.41) is 3.21. The van der Waals surface area contributed by atoms with E-state index in [1.807, 2.05) is 88.4 Å². The summed E-state index contributed by atoms with van der Waals surface area (Å²) in [7, 11) is -4.23. The molecular weight excluding hydrogens is 594 g/mol. The van der Waals surface area contributed by atoms with Crippen molar-refractivity contribution in [2.45, 2.75) is 57.1 Å². The van der Waals surface area contributed by atoms with Crippen LogP contribution in [-0.2, 0) is 32.6 Å². The van der Waals surface area contributed by atoms with Gasteiger partial charge >= 0.3 is 0 Å². The Hall–Kier alpha value is -4.14. The Kier molecular flexibility index (Phi) is 10.5. The van der Waals surface area contributed by atoms with Crippen LogP contribution in [0.2, 0.25) is 5.02 Å². The van der Waals surface area contributed by atoms with Crippen LogP contribution in [-0.4, -0.2) is 43.3 Å². The van der Waals surface area contributed by atoms with Crippen molar-refractivity contribution in [2.75, 3.05) is 10.8 Å². The van der Waals surface area contributed by atoms with Crippen LogP contribution < -0.4 is 9.62 Å². The molecule has 4 aromatic carbocycles. The average Bonchev–Trinajstić information content (AvgIpc) is 2.98. The van der Waals surface area contributed by atoms with E-state index in [1.54, 1.807) is 36.4 Å². The zero-order valence-corrected chi connectivity index (χ0v) is 27.0. The molecule has 0 bridgehead atoms. The highest BCUT2D eigenvalue weighted by Gasteiger charge is 2.36. The van der Waals surface area contributed by atoms with Gasteiger partial charge in [-0.1, -0.05) is 102 Å². The van der Waals surface area contributed by atoms with E-state index in [4.69, 9.17) is 11.6 Å². The van der Waals surface area contributed by atoms with E-state index in [0.29, 0.717) is 0 Å². The second kappa shape index (κ2) is 14.1. The fraction of sp³-hybridized carbons (Fsp3) is 0.257. The maximum atomic E-state index is 14.5. The van der Waals surface area contributed by atoms with Gasteiger partial charge in [0.15, 0.2) is 0 Å². The lowest BCUT2D eigenvalue weighted by Gasteiger charge is -2.35. The van der Waals surface area contributed by atoms with Gasteiger partial charge in [0, 0.05) is 18.5 Å². The summed E-state index contributed by atoms with van der Waals surface area (Å²) < 4.78 is 29.3. The Morgan fingerprint density at radius 1 is 0.795 bits per heavy atom. The molecule has 230 valence electrons. The molecule has 1 N–H and O–H groups in total. The number of hydrogen-bond donors (Lipinski definition) is 1. The number of nitrogens with one attached hydrogen (secondary N) is 1. The first-order valence-electron chi connectivity index (χ1n) is 14.4. The summed E-state index contributed by atoms with van der Waals surface area (Å²) in [4.78, 5) is 29.9. The summed E-state index contributed by atoms with van der Waals surface area (Å²) in [6.07, 6.45) is 0.234. The first-order chi connectivity index (χ1) is 20.8. The highest BCUT2D eigenvalue weighted by Crippen LogP contribution is 2.31. The van der Waals surface area contributed by atoms with Crippen molar-refractivity contribution in [1.82, 2.24) is 10.2 Å². The van der Waals surface area contributed by atoms with Gasteiger partial charge in [-0.05, 0) is 63.1 Å². The number of carbonyl (C=O) groups is 2. The lowest BCUT2D eigenvalue weighted by molar-refractivity contribution is -0.140. The van der Waals surface area contributed by atoms with E-state index in [-0.39, 0.29) is 34.5 Å². The number of hydrogen-bond acceptors (Lipinski definition) is 4. The van der Waals surface area contributed by atoms with Crippen molar-refractivity contribution >= 4 is 39.1 Å². The van der Waals surface area contributed by atoms with Crippen LogP contribution in [0.25, 0.3) is 0 Å². The number of aryl methyl sites for hydroxylation is 1. The molecule has 0 saturated carbocycles. The fourth-order valence-corrected chi connectivity index (χ4v) is 6.51. The van der Waals surface area contributed by atoms with E-state index in [2.05, 4.69) is 5.32 Å². The van der Waals surface area contributed by atoms with Gasteiger partial charge in [-0.3, -0.25) is 13.9 Å². The largest absolute Gasteiger partial charge is 0.350 e. The molecule has 0 aromatic heterocycles. The number of amides is 2. The summed E-state index contributed by atoms with van der Waals surface area (Å²) in [6.45, 7) is 7.02. The zero-order valence-electron chi connectivity index (χ0n) is 25.4. The van der Waals surface area contributed by atoms with Gasteiger partial charge in [-0.2, -0.15) is 0 Å². The Morgan fingerprint density at radius 3 is 1.91 bits per heavy atom. The second-order valence-corrected chi connectivity index (χ2v) is 14.0. The molecule has 0 aliphatic carbocycles. The van der Waals surface area contributed by atoms with Crippen LogP contribution in [0.3, 0.4) is 0 Å². The number of anilines is 1. The first kappa shape index (κ1) is 32.8. The van der Waals surface area contributed by atoms with E-state index in [9.17, 15) is 18.0 Å². The van der Waals surface area contributed by atoms with Crippen LogP contribution in [0.1, 0.15) is 37.5 Å². The van der Waals surface area contributed by atoms with Crippen LogP contribution in [0.15, 0.2) is 114 Å². The van der Waals surface area contributed by atoms with Gasteiger partial charge in [0.05, 0.1) is 15.6 Å². The quantitative estimate of drug-likeness (QED) is 0.208. The highest BCUT2D eigenvalue weighted by atomic mass is 35.5. The molecule has 0 aliphatic rings. The van der Waals surface area contributed by atoms with Gasteiger partial charge in [0.2, 0.25) is 11.8 Å². The predicted octanol–water partition coefficient (Wildman–Crippen LogP) is 6.40. The predicted molar refractivity (Wildman–Crippen MR) is 176 cm³/mol. The summed E-state index contributed by atoms with van der Waals surface area (Å²) in [5.41, 5.74) is 2.16. The lowest BCUT2D eigenvalue weighted by Crippen LogP contribution is -2.56. The van der Waals surface area contributed by atoms with Gasteiger partial charge in [-0.15, -0.1) is 0 Å². The molecule has 9 heteroatoms. The Bertz CT molecular complexity index is 1670. The van der Waals surface area contributed by atoms with E-state index < -0.39 is 34.1 Å². The van der Waals surface area contributed by atoms with Crippen molar-refractivity contribution in [1.29, 1.82) is 0 Å². The van der Waals surface area contributed by atoms with Crippen LogP contribution >= 0.6 is 11.6 Å². The van der Waals surface area contributed by atoms with Crippen LogP contribution in [0, 0.1) is 6.92 Å². The van der Waals surface area contributed by atoms with E-state index in [1.165, 1.54) is 17.0 Å². The van der Waals surface area contributed by atoms with Gasteiger partial charge < -0.3 is 10.2 Å². The molecule has 0 saturated heterocycles. The molecule has 44 heavy (non-hydrogen) atoms. The lowest BCUT2D eigenvalue weighted by atomic mass is 10.0. The summed E-state index contributed by atoms with van der Waals surface area (Å²) in [6, 6.07) is 30.8. The minimum atomic E-state index is -4.23. The standard InChI is InChI=1S/C35H38ClN3O4S/c1-26-19-21-29(22-20-26)44(42,43)39(31-18-12-11-17-30(31)36)25-33(40)38(24-28-15-9-6-10-16-28)32(34(41)37-35(2,3)4)23-27-13-7-5-8-14-27/h5-22,32H,23-25H2,1-4H3,(H,37,41). The van der Waals surface area contributed by atoms with Crippen molar-refractivity contribution in [3.8, 4) is 0 Å². The van der Waals surface area contributed by atoms with Crippen molar-refractivity contribution in [3.63, 3.8) is 0 Å². The topological polar surface area (TPSA) is 86.8 Å². The third kappa shape index (κ3) is 8.49. The monoisotopic (exact) mass is 631 g/mol. The van der Waals surface area contributed by atoms with Crippen LogP contribution in [0.4, 0.5) is 5.69 Å². The van der Waals surface area contributed by atoms with Gasteiger partial charge in [-0.25, -0.2) is 8.42 Å². The molecule has 0 heterocycles. The molecule has 4 rings (SSSR count). The van der Waals surface area contributed by atoms with E-state index >= 15 is 0 Å². The van der Waals surface area contributed by atoms with Crippen LogP contribution in [0.5, 0.6) is 0 Å². The highest BCUT2D eigenvalue weighted by molar-refractivity contribution is 7.92. The minimum Gasteiger partial charge on any atom is -0.350 e. The Morgan fingerprint density at radius 2 is 1.34 bits per heavy atom. The molecule has 7 nitrogen and oxygen atoms in total. The molecule has 1 unspecified atom stereocenters. The third-order valence-electron chi connectivity index (χ3n) is 6.97. The number of halogens is 1. The molecular formula is C35H38ClN3O4S. The maximum absolute atomic E-state index is 14.5. The Balaban J connectivity index is 1.81. The molecule has 1 atom stereocenters. The molecule has 4 aromatic rings. The summed E-state index contributed by atoms with van der Waals surface area (Å²) >= 11 is 6.53. The molecule has 0 fully saturated rings. The first-order valence-corrected chi connectivity index (χ1v) is 16.2. The number of rotatable bonds is 11. The molecule has 0 spiro atoms. The smallest absolute Gasteiger partial charge is 0.264 e. The number of sulfonamides is 1. The van der Waals surface area contributed by atoms with Crippen molar-refractivity contribution in [2.24, 2.45) is 0 Å². The summed E-state index contributed by atoms with van der Waals surface area (Å²) in [5.74, 6) is -0.884. The average molecular weight is 632 g/mol. The number of benzene rings is 4. The van der Waals surface area contributed by atoms with Crippen molar-refractivity contribution in [3.05, 3.63) is 131 Å². The molecule has 2 amide bonds. The number of nitrogens with zero attached hydrogens (tertiary/aromatic N) is 2. The number of para-hydroxylation sites is 1. The zero-order chi connectivity index (χ0) is 31.9. The maximum Gasteiger partial charge on any atom is 0.264 e. The second-order valence-electron chi connectivity index (χ2n) is 11.7. The van der Waals surface area contributed by atoms with Crippen molar-refractivity contribution < 1.29 is 18.0 Å². The van der Waals surface area contributed by atoms with Gasteiger partial charge in [0.25, 0.3) is 10.0 Å². The normalized spacial score (nSPS) is 12.3. The third-order valence-corrected chi connectivity index (χ3v) is 9.07. The molecule has 0 radical (unpaired) electrons. The SMILES string of the molecule is Cc1ccc(S(=O)(=O)N(CC(=O)N(Cc2ccccc2)C(Cc2ccccc2)C(=O)NC(C)(C)C)c2ccccc2Cl)cc1. The van der Waals surface area contributed by atoms with Gasteiger partial charge in [0.1, 0.15) is 12.6 Å². The van der Waals surface area contributed by atoms with E-state index in [0.717, 1.165) is 21.0 Å². The number of carbonyl (C=O) groups excluding carboxylic acids is 2.